The van der Waals surface area contributed by atoms with E-state index in [2.05, 4.69) is 15.6 Å². The highest BCUT2D eigenvalue weighted by atomic mass is 16.5. The van der Waals surface area contributed by atoms with Crippen molar-refractivity contribution in [2.75, 3.05) is 12.4 Å². The van der Waals surface area contributed by atoms with E-state index in [0.29, 0.717) is 0 Å². The maximum Gasteiger partial charge on any atom is 0.349 e. The fourth-order valence-corrected chi connectivity index (χ4v) is 4.41. The lowest BCUT2D eigenvalue weighted by molar-refractivity contribution is -0.144. The van der Waals surface area contributed by atoms with E-state index in [9.17, 15) is 14.4 Å². The van der Waals surface area contributed by atoms with Gasteiger partial charge in [-0.3, -0.25) is 19.5 Å². The smallest absolute Gasteiger partial charge is 0.349 e. The maximum atomic E-state index is 13.1. The van der Waals surface area contributed by atoms with Gasteiger partial charge in [0.25, 0.3) is 0 Å². The van der Waals surface area contributed by atoms with E-state index in [1.54, 1.807) is 0 Å². The molecule has 8 heteroatoms. The van der Waals surface area contributed by atoms with Crippen LogP contribution < -0.4 is 16.3 Å². The van der Waals surface area contributed by atoms with Gasteiger partial charge < -0.3 is 10.1 Å². The van der Waals surface area contributed by atoms with Crippen molar-refractivity contribution in [1.29, 1.82) is 0 Å². The van der Waals surface area contributed by atoms with Gasteiger partial charge in [-0.15, -0.1) is 0 Å². The van der Waals surface area contributed by atoms with Crippen LogP contribution in [0.25, 0.3) is 0 Å². The van der Waals surface area contributed by atoms with Gasteiger partial charge in [0.1, 0.15) is 11.9 Å². The van der Waals surface area contributed by atoms with Crippen LogP contribution in [-0.4, -0.2) is 34.6 Å². The average Bonchev–Trinajstić information content (AvgIpc) is 2.93. The maximum absolute atomic E-state index is 13.1. The number of esters is 1. The molecule has 0 bridgehead atoms. The van der Waals surface area contributed by atoms with Crippen molar-refractivity contribution in [1.82, 2.24) is 14.9 Å². The lowest BCUT2D eigenvalue weighted by Gasteiger charge is -2.39. The fraction of sp³-hybridized carbons (Fsp3) is 0.172. The summed E-state index contributed by atoms with van der Waals surface area (Å²) in [5.74, 6) is -0.731. The number of amides is 1. The first-order valence-electron chi connectivity index (χ1n) is 11.8. The van der Waals surface area contributed by atoms with Gasteiger partial charge in [0.15, 0.2) is 0 Å². The quantitative estimate of drug-likeness (QED) is 0.272. The van der Waals surface area contributed by atoms with Gasteiger partial charge in [-0.2, -0.15) is 4.98 Å². The van der Waals surface area contributed by atoms with Crippen LogP contribution in [0.5, 0.6) is 0 Å². The first kappa shape index (κ1) is 25.5. The summed E-state index contributed by atoms with van der Waals surface area (Å²) in [4.78, 5) is 41.2. The van der Waals surface area contributed by atoms with Crippen LogP contribution in [0.4, 0.5) is 5.82 Å². The number of hydrogen-bond acceptors (Lipinski definition) is 6. The molecule has 0 aliphatic rings. The number of benzene rings is 3. The topological polar surface area (TPSA) is 102 Å². The summed E-state index contributed by atoms with van der Waals surface area (Å²) in [6.07, 6.45) is 1.49. The number of ether oxygens (including phenoxy) is 1. The normalized spacial score (nSPS) is 11.9. The second-order valence-electron chi connectivity index (χ2n) is 8.50. The van der Waals surface area contributed by atoms with E-state index in [1.165, 1.54) is 30.9 Å². The highest BCUT2D eigenvalue weighted by Gasteiger charge is 2.40. The number of anilines is 1. The minimum atomic E-state index is -0.949. The van der Waals surface area contributed by atoms with E-state index in [-0.39, 0.29) is 18.3 Å². The van der Waals surface area contributed by atoms with E-state index in [0.717, 1.165) is 16.7 Å². The van der Waals surface area contributed by atoms with Crippen LogP contribution >= 0.6 is 0 Å². The standard InChI is InChI=1S/C29H28N4O4/c1-21(34)30-26-18-19-33(28(36)31-26)20-25(27(35)37-2)32-29(22-12-6-3-7-13-22,23-14-8-4-9-15-23)24-16-10-5-11-17-24/h3-19,25,32H,20H2,1-2H3,(H,30,31,34,36)/t25-/m0/s1. The Kier molecular flexibility index (Phi) is 7.90. The summed E-state index contributed by atoms with van der Waals surface area (Å²) >= 11 is 0. The Bertz CT molecular complexity index is 1310. The highest BCUT2D eigenvalue weighted by molar-refractivity contribution is 5.87. The molecule has 2 N–H and O–H groups in total. The van der Waals surface area contributed by atoms with Crippen molar-refractivity contribution in [2.45, 2.75) is 25.0 Å². The molecule has 0 aliphatic carbocycles. The van der Waals surface area contributed by atoms with Crippen LogP contribution in [0.2, 0.25) is 0 Å². The molecule has 0 aliphatic heterocycles. The molecular weight excluding hydrogens is 468 g/mol. The SMILES string of the molecule is COC(=O)[C@H](Cn1ccc(NC(C)=O)nc1=O)NC(c1ccccc1)(c1ccccc1)c1ccccc1. The Labute approximate surface area is 215 Å². The number of methoxy groups -OCH3 is 1. The van der Waals surface area contributed by atoms with E-state index >= 15 is 0 Å². The van der Waals surface area contributed by atoms with Crippen molar-refractivity contribution in [3.05, 3.63) is 130 Å². The monoisotopic (exact) mass is 496 g/mol. The van der Waals surface area contributed by atoms with E-state index < -0.39 is 23.2 Å². The van der Waals surface area contributed by atoms with Crippen molar-refractivity contribution in [3.63, 3.8) is 0 Å². The summed E-state index contributed by atoms with van der Waals surface area (Å²) < 4.78 is 6.47. The lowest BCUT2D eigenvalue weighted by Crippen LogP contribution is -2.55. The predicted octanol–water partition coefficient (Wildman–Crippen LogP) is 3.33. The van der Waals surface area contributed by atoms with Gasteiger partial charge in [-0.1, -0.05) is 91.0 Å². The zero-order valence-corrected chi connectivity index (χ0v) is 20.6. The van der Waals surface area contributed by atoms with Crippen LogP contribution in [0.15, 0.2) is 108 Å². The molecule has 37 heavy (non-hydrogen) atoms. The first-order chi connectivity index (χ1) is 17.9. The van der Waals surface area contributed by atoms with Gasteiger partial charge in [0.2, 0.25) is 5.91 Å². The average molecular weight is 497 g/mol. The fourth-order valence-electron chi connectivity index (χ4n) is 4.41. The minimum absolute atomic E-state index is 0.0485. The van der Waals surface area contributed by atoms with E-state index in [4.69, 9.17) is 4.74 Å². The molecule has 8 nitrogen and oxygen atoms in total. The van der Waals surface area contributed by atoms with Gasteiger partial charge in [0.05, 0.1) is 19.2 Å². The molecular formula is C29H28N4O4. The third-order valence-electron chi connectivity index (χ3n) is 6.05. The highest BCUT2D eigenvalue weighted by Crippen LogP contribution is 2.37. The Morgan fingerprint density at radius 3 is 1.76 bits per heavy atom. The molecule has 1 amide bonds. The summed E-state index contributed by atoms with van der Waals surface area (Å²) in [5.41, 5.74) is 1.18. The number of hydrogen-bond donors (Lipinski definition) is 2. The third kappa shape index (κ3) is 5.65. The Morgan fingerprint density at radius 2 is 1.35 bits per heavy atom. The van der Waals surface area contributed by atoms with Crippen molar-refractivity contribution in [2.24, 2.45) is 0 Å². The van der Waals surface area contributed by atoms with Crippen molar-refractivity contribution < 1.29 is 14.3 Å². The van der Waals surface area contributed by atoms with Gasteiger partial charge in [-0.25, -0.2) is 4.79 Å². The second kappa shape index (κ2) is 11.5. The number of carbonyl (C=O) groups is 2. The predicted molar refractivity (Wildman–Crippen MR) is 141 cm³/mol. The molecule has 4 rings (SSSR count). The molecule has 3 aromatic carbocycles. The largest absolute Gasteiger partial charge is 0.468 e. The first-order valence-corrected chi connectivity index (χ1v) is 11.8. The minimum Gasteiger partial charge on any atom is -0.468 e. The van der Waals surface area contributed by atoms with Crippen molar-refractivity contribution in [3.8, 4) is 0 Å². The summed E-state index contributed by atoms with van der Waals surface area (Å²) in [6, 6.07) is 30.0. The molecule has 1 atom stereocenters. The molecule has 188 valence electrons. The molecule has 0 spiro atoms. The Balaban J connectivity index is 1.85. The summed E-state index contributed by atoms with van der Waals surface area (Å²) in [6.45, 7) is 1.29. The zero-order valence-electron chi connectivity index (χ0n) is 20.6. The van der Waals surface area contributed by atoms with Crippen LogP contribution in [0.1, 0.15) is 23.6 Å². The molecule has 4 aromatic rings. The molecule has 1 heterocycles. The Hall–Kier alpha value is -4.56. The summed E-state index contributed by atoms with van der Waals surface area (Å²) in [7, 11) is 1.31. The molecule has 0 fully saturated rings. The molecule has 0 saturated carbocycles. The molecule has 0 radical (unpaired) electrons. The zero-order chi connectivity index (χ0) is 26.3. The van der Waals surface area contributed by atoms with Crippen LogP contribution in [0.3, 0.4) is 0 Å². The number of carbonyl (C=O) groups excluding carboxylic acids is 2. The second-order valence-corrected chi connectivity index (χ2v) is 8.50. The van der Waals surface area contributed by atoms with Crippen LogP contribution in [0, 0.1) is 0 Å². The van der Waals surface area contributed by atoms with Crippen molar-refractivity contribution >= 4 is 17.7 Å². The lowest BCUT2D eigenvalue weighted by atomic mass is 9.76. The molecule has 0 saturated heterocycles. The number of nitrogens with zero attached hydrogens (tertiary/aromatic N) is 2. The van der Waals surface area contributed by atoms with Crippen LogP contribution in [-0.2, 0) is 26.4 Å². The summed E-state index contributed by atoms with van der Waals surface area (Å²) in [5, 5.41) is 6.05. The van der Waals surface area contributed by atoms with E-state index in [1.807, 2.05) is 91.0 Å². The van der Waals surface area contributed by atoms with Gasteiger partial charge >= 0.3 is 11.7 Å². The van der Waals surface area contributed by atoms with Gasteiger partial charge in [-0.05, 0) is 22.8 Å². The Morgan fingerprint density at radius 1 is 0.865 bits per heavy atom. The molecule has 0 unspecified atom stereocenters. The number of aromatic nitrogens is 2. The molecule has 1 aromatic heterocycles. The van der Waals surface area contributed by atoms with Gasteiger partial charge in [0, 0.05) is 13.1 Å². The third-order valence-corrected chi connectivity index (χ3v) is 6.05. The number of nitrogens with one attached hydrogen (secondary N) is 2. The number of rotatable bonds is 9.